The lowest BCUT2D eigenvalue weighted by Gasteiger charge is -2.15. The van der Waals surface area contributed by atoms with Gasteiger partial charge in [0.1, 0.15) is 5.76 Å². The molecule has 0 atom stereocenters. The first-order chi connectivity index (χ1) is 11.4. The van der Waals surface area contributed by atoms with Crippen molar-refractivity contribution in [3.05, 3.63) is 47.3 Å². The zero-order valence-corrected chi connectivity index (χ0v) is 14.8. The number of hydrogen-bond acceptors (Lipinski definition) is 5. The number of hydrogen-bond donors (Lipinski definition) is 1. The van der Waals surface area contributed by atoms with Crippen LogP contribution in [0.25, 0.3) is 0 Å². The van der Waals surface area contributed by atoms with E-state index in [4.69, 9.17) is 4.52 Å². The monoisotopic (exact) mass is 349 g/mol. The van der Waals surface area contributed by atoms with Gasteiger partial charge in [-0.15, -0.1) is 0 Å². The Labute approximate surface area is 142 Å². The Morgan fingerprint density at radius 3 is 2.67 bits per heavy atom. The van der Waals surface area contributed by atoms with Gasteiger partial charge in [-0.25, -0.2) is 13.1 Å². The highest BCUT2D eigenvalue weighted by molar-refractivity contribution is 7.89. The maximum atomic E-state index is 12.2. The number of rotatable bonds is 8. The van der Waals surface area contributed by atoms with Crippen LogP contribution in [0.15, 0.2) is 39.8 Å². The fourth-order valence-corrected chi connectivity index (χ4v) is 3.51. The summed E-state index contributed by atoms with van der Waals surface area (Å²) in [5.41, 5.74) is 1.92. The standard InChI is InChI=1S/C17H23N3O3S/c1-13-3-7-16(8-4-13)24(21,22)18-9-10-20(2)12-15-11-17(23-19-15)14-5-6-14/h3-4,7-8,11,14,18H,5-6,9-10,12H2,1-2H3. The Morgan fingerprint density at radius 1 is 1.29 bits per heavy atom. The van der Waals surface area contributed by atoms with Gasteiger partial charge in [-0.05, 0) is 38.9 Å². The SMILES string of the molecule is Cc1ccc(S(=O)(=O)NCCN(C)Cc2cc(C3CC3)on2)cc1. The van der Waals surface area contributed by atoms with Crippen molar-refractivity contribution in [3.8, 4) is 0 Å². The summed E-state index contributed by atoms with van der Waals surface area (Å²) in [6, 6.07) is 8.84. The van der Waals surface area contributed by atoms with Crippen molar-refractivity contribution in [2.24, 2.45) is 0 Å². The first-order valence-corrected chi connectivity index (χ1v) is 9.63. The van der Waals surface area contributed by atoms with Gasteiger partial charge >= 0.3 is 0 Å². The summed E-state index contributed by atoms with van der Waals surface area (Å²) in [5.74, 6) is 1.52. The summed E-state index contributed by atoms with van der Waals surface area (Å²) in [7, 11) is -1.52. The molecule has 1 aliphatic carbocycles. The fourth-order valence-electron chi connectivity index (χ4n) is 2.49. The van der Waals surface area contributed by atoms with Crippen LogP contribution in [-0.4, -0.2) is 38.6 Å². The first kappa shape index (κ1) is 17.1. The van der Waals surface area contributed by atoms with Gasteiger partial charge in [0.2, 0.25) is 10.0 Å². The van der Waals surface area contributed by atoms with Crippen LogP contribution in [-0.2, 0) is 16.6 Å². The van der Waals surface area contributed by atoms with E-state index in [1.54, 1.807) is 24.3 Å². The Morgan fingerprint density at radius 2 is 2.00 bits per heavy atom. The second-order valence-electron chi connectivity index (χ2n) is 6.44. The van der Waals surface area contributed by atoms with E-state index in [2.05, 4.69) is 9.88 Å². The first-order valence-electron chi connectivity index (χ1n) is 8.14. The van der Waals surface area contributed by atoms with Crippen LogP contribution in [0.3, 0.4) is 0 Å². The maximum absolute atomic E-state index is 12.2. The van der Waals surface area contributed by atoms with Crippen molar-refractivity contribution in [2.75, 3.05) is 20.1 Å². The summed E-state index contributed by atoms with van der Waals surface area (Å²) in [5, 5.41) is 4.07. The maximum Gasteiger partial charge on any atom is 0.240 e. The molecule has 1 aromatic heterocycles. The Hall–Kier alpha value is -1.70. The van der Waals surface area contributed by atoms with E-state index < -0.39 is 10.0 Å². The zero-order valence-electron chi connectivity index (χ0n) is 14.0. The van der Waals surface area contributed by atoms with Gasteiger partial charge in [0, 0.05) is 31.6 Å². The smallest absolute Gasteiger partial charge is 0.240 e. The van der Waals surface area contributed by atoms with E-state index >= 15 is 0 Å². The van der Waals surface area contributed by atoms with Crippen LogP contribution in [0.1, 0.15) is 35.8 Å². The molecule has 6 nitrogen and oxygen atoms in total. The Kier molecular flexibility index (Phi) is 5.03. The molecule has 24 heavy (non-hydrogen) atoms. The lowest BCUT2D eigenvalue weighted by Crippen LogP contribution is -2.32. The summed E-state index contributed by atoms with van der Waals surface area (Å²) < 4.78 is 32.4. The van der Waals surface area contributed by atoms with Gasteiger partial charge < -0.3 is 4.52 Å². The molecule has 1 heterocycles. The van der Waals surface area contributed by atoms with Crippen molar-refractivity contribution in [2.45, 2.75) is 37.1 Å². The molecule has 1 N–H and O–H groups in total. The molecule has 1 saturated carbocycles. The molecule has 1 fully saturated rings. The molecule has 1 aromatic carbocycles. The minimum atomic E-state index is -3.46. The topological polar surface area (TPSA) is 75.4 Å². The lowest BCUT2D eigenvalue weighted by molar-refractivity contribution is 0.311. The molecular weight excluding hydrogens is 326 g/mol. The molecule has 3 rings (SSSR count). The number of sulfonamides is 1. The van der Waals surface area contributed by atoms with Crippen molar-refractivity contribution >= 4 is 10.0 Å². The Bertz CT molecular complexity index is 780. The number of nitrogens with one attached hydrogen (secondary N) is 1. The van der Waals surface area contributed by atoms with E-state index in [0.29, 0.717) is 30.4 Å². The van der Waals surface area contributed by atoms with Crippen LogP contribution in [0.5, 0.6) is 0 Å². The molecule has 0 bridgehead atoms. The average Bonchev–Trinajstić information content (AvgIpc) is 3.28. The fraction of sp³-hybridized carbons (Fsp3) is 0.471. The molecule has 130 valence electrons. The molecule has 0 amide bonds. The van der Waals surface area contributed by atoms with Gasteiger partial charge in [0.05, 0.1) is 10.6 Å². The Balaban J connectivity index is 1.46. The van der Waals surface area contributed by atoms with Gasteiger partial charge in [0.25, 0.3) is 0 Å². The molecule has 0 unspecified atom stereocenters. The summed E-state index contributed by atoms with van der Waals surface area (Å²) in [6.07, 6.45) is 2.37. The van der Waals surface area contributed by atoms with Crippen LogP contribution in [0, 0.1) is 6.92 Å². The highest BCUT2D eigenvalue weighted by atomic mass is 32.2. The summed E-state index contributed by atoms with van der Waals surface area (Å²) >= 11 is 0. The highest BCUT2D eigenvalue weighted by Gasteiger charge is 2.27. The van der Waals surface area contributed by atoms with Crippen molar-refractivity contribution in [1.29, 1.82) is 0 Å². The predicted molar refractivity (Wildman–Crippen MR) is 91.2 cm³/mol. The predicted octanol–water partition coefficient (Wildman–Crippen LogP) is 2.27. The molecule has 0 spiro atoms. The lowest BCUT2D eigenvalue weighted by atomic mass is 10.2. The van der Waals surface area contributed by atoms with E-state index in [1.165, 1.54) is 12.8 Å². The van der Waals surface area contributed by atoms with E-state index in [9.17, 15) is 8.42 Å². The molecule has 0 aliphatic heterocycles. The van der Waals surface area contributed by atoms with E-state index in [1.807, 2.05) is 24.9 Å². The third-order valence-electron chi connectivity index (χ3n) is 4.11. The van der Waals surface area contributed by atoms with E-state index in [0.717, 1.165) is 17.0 Å². The van der Waals surface area contributed by atoms with Gasteiger partial charge in [-0.3, -0.25) is 4.90 Å². The number of aryl methyl sites for hydroxylation is 1. The number of benzene rings is 1. The van der Waals surface area contributed by atoms with Gasteiger partial charge in [-0.1, -0.05) is 22.9 Å². The van der Waals surface area contributed by atoms with Crippen molar-refractivity contribution in [1.82, 2.24) is 14.8 Å². The molecule has 7 heteroatoms. The van der Waals surface area contributed by atoms with Crippen molar-refractivity contribution in [3.63, 3.8) is 0 Å². The minimum Gasteiger partial charge on any atom is -0.361 e. The second-order valence-corrected chi connectivity index (χ2v) is 8.21. The van der Waals surface area contributed by atoms with Crippen LogP contribution in [0.2, 0.25) is 0 Å². The zero-order chi connectivity index (χ0) is 17.2. The number of likely N-dealkylation sites (N-methyl/N-ethyl adjacent to an activating group) is 1. The summed E-state index contributed by atoms with van der Waals surface area (Å²) in [6.45, 7) is 3.51. The third kappa shape index (κ3) is 4.43. The largest absolute Gasteiger partial charge is 0.361 e. The normalized spacial score (nSPS) is 15.1. The quantitative estimate of drug-likeness (QED) is 0.791. The number of nitrogens with zero attached hydrogens (tertiary/aromatic N) is 2. The second kappa shape index (κ2) is 7.04. The molecule has 1 aliphatic rings. The van der Waals surface area contributed by atoms with Gasteiger partial charge in [0.15, 0.2) is 0 Å². The molecule has 0 saturated heterocycles. The molecular formula is C17H23N3O3S. The molecule has 2 aromatic rings. The minimum absolute atomic E-state index is 0.293. The van der Waals surface area contributed by atoms with E-state index in [-0.39, 0.29) is 0 Å². The van der Waals surface area contributed by atoms with Crippen LogP contribution < -0.4 is 4.72 Å². The van der Waals surface area contributed by atoms with Crippen molar-refractivity contribution < 1.29 is 12.9 Å². The molecule has 0 radical (unpaired) electrons. The van der Waals surface area contributed by atoms with Crippen LogP contribution >= 0.6 is 0 Å². The number of aromatic nitrogens is 1. The van der Waals surface area contributed by atoms with Crippen LogP contribution in [0.4, 0.5) is 0 Å². The average molecular weight is 349 g/mol. The van der Waals surface area contributed by atoms with Gasteiger partial charge in [-0.2, -0.15) is 0 Å². The third-order valence-corrected chi connectivity index (χ3v) is 5.58. The summed E-state index contributed by atoms with van der Waals surface area (Å²) in [4.78, 5) is 2.31. The highest BCUT2D eigenvalue weighted by Crippen LogP contribution is 2.40.